The molecule has 39 heteroatoms. The molecule has 0 saturated heterocycles. The van der Waals surface area contributed by atoms with Crippen molar-refractivity contribution >= 4 is 119 Å². The van der Waals surface area contributed by atoms with Crippen LogP contribution in [0.5, 0.6) is 0 Å². The summed E-state index contributed by atoms with van der Waals surface area (Å²) in [6.07, 6.45) is 3.92. The molecule has 37 nitrogen and oxygen atoms in total. The lowest BCUT2D eigenvalue weighted by Crippen LogP contribution is -2.59. The average molecular weight is 1410 g/mol. The third-order valence-electron chi connectivity index (χ3n) is 14.1. The molecule has 10 atom stereocenters. The first-order valence-electron chi connectivity index (χ1n) is 31.3. The van der Waals surface area contributed by atoms with E-state index in [9.17, 15) is 86.9 Å². The maximum Gasteiger partial charge on any atom is 0.326 e. The van der Waals surface area contributed by atoms with Crippen molar-refractivity contribution in [2.75, 3.05) is 63.6 Å². The summed E-state index contributed by atoms with van der Waals surface area (Å²) in [7, 11) is 0. The van der Waals surface area contributed by atoms with Gasteiger partial charge in [-0.25, -0.2) is 9.78 Å². The largest absolute Gasteiger partial charge is 0.480 e. The molecule has 0 unspecified atom stereocenters. The average Bonchev–Trinajstić information content (AvgIpc) is 1.01. The standard InChI is InChI=1S/C58H99N19O18S2/c1-28(2)16-36(54(90)73-35(13-15-97-9)53(89)76-46(29(3)4)56(92)67-20-41(80)63-21-45(84)75-47(30(5)6)57(93)77-48(31(7)8)58(94)95)69-43(82)24-66-51(87)39(25-78)74-52(88)34(12-10-11-14-59)72-55(91)38(18-40(61)79)71-44(83)23-65-50(86)37(17-32-19-62-27-68-32)70-42(81)22-64-49(85)33(60)26-96/h19,27-31,33-39,46-48,78,96H,10-18,20-26,59-60H2,1-9H3,(H2,61,79)(H,62,68)(H,63,80)(H,64,85)(H,65,86)(H,66,87)(H,67,92)(H,69,82)(H,70,81)(H,71,83)(H,72,91)(H,73,90)(H,74,88)(H,75,84)(H,76,89)(H,77,93)(H,94,95)/t33-,34-,35-,36-,37-,38-,39-,46-,47-,48-/m0/s1. The number of carboxylic acid groups (broad SMARTS) is 1. The fourth-order valence-electron chi connectivity index (χ4n) is 8.74. The Hall–Kier alpha value is -8.69. The molecule has 1 aromatic rings. The number of amides is 15. The number of H-pyrrole nitrogens is 1. The SMILES string of the molecule is CSCC[C@H](NC(=O)[C@H](CC(C)C)NC(=O)CNC(=O)[C@H](CO)NC(=O)[C@H](CCCCN)NC(=O)[C@H](CC(N)=O)NC(=O)CNC(=O)[C@H](Cc1cnc[nH]1)NC(=O)CNC(=O)[C@@H](N)CS)C(=O)N[C@H](C(=O)NCC(=O)NCC(=O)N[C@H](C(=O)N[C@H](C(=O)O)C(C)C)C(C)C)C(C)C. The number of unbranched alkanes of at least 4 members (excludes halogenated alkanes) is 1. The van der Waals surface area contributed by atoms with Crippen LogP contribution in [0.25, 0.3) is 0 Å². The molecule has 0 bridgehead atoms. The number of nitrogens with two attached hydrogens (primary N) is 3. The maximum atomic E-state index is 14.0. The number of primary amides is 1. The molecule has 0 spiro atoms. The molecule has 0 aliphatic carbocycles. The van der Waals surface area contributed by atoms with Crippen LogP contribution in [-0.4, -0.2) is 239 Å². The summed E-state index contributed by atoms with van der Waals surface area (Å²) in [4.78, 5) is 216. The van der Waals surface area contributed by atoms with Crippen molar-refractivity contribution in [3.8, 4) is 0 Å². The zero-order chi connectivity index (χ0) is 73.6. The number of aliphatic hydroxyl groups excluding tert-OH is 1. The predicted octanol–water partition coefficient (Wildman–Crippen LogP) is -8.00. The monoisotopic (exact) mass is 1410 g/mol. The van der Waals surface area contributed by atoms with E-state index in [0.717, 1.165) is 0 Å². The van der Waals surface area contributed by atoms with Gasteiger partial charge in [-0.3, -0.25) is 71.9 Å². The van der Waals surface area contributed by atoms with Crippen LogP contribution in [0.3, 0.4) is 0 Å². The molecular formula is C58H99N19O18S2. The van der Waals surface area contributed by atoms with E-state index in [4.69, 9.17) is 17.2 Å². The van der Waals surface area contributed by atoms with Gasteiger partial charge in [-0.15, -0.1) is 0 Å². The number of carbonyl (C=O) groups excluding carboxylic acids is 15. The number of carboxylic acids is 1. The van der Waals surface area contributed by atoms with Gasteiger partial charge in [0, 0.05) is 24.1 Å². The van der Waals surface area contributed by atoms with Gasteiger partial charge in [0.15, 0.2) is 0 Å². The number of aliphatic carboxylic acids is 1. The van der Waals surface area contributed by atoms with E-state index >= 15 is 0 Å². The third-order valence-corrected chi connectivity index (χ3v) is 15.1. The van der Waals surface area contributed by atoms with Crippen LogP contribution in [0.1, 0.15) is 99.6 Å². The second-order valence-corrected chi connectivity index (χ2v) is 25.2. The second kappa shape index (κ2) is 45.7. The summed E-state index contributed by atoms with van der Waals surface area (Å²) in [6, 6.07) is -13.6. The van der Waals surface area contributed by atoms with Crippen molar-refractivity contribution in [1.29, 1.82) is 0 Å². The highest BCUT2D eigenvalue weighted by molar-refractivity contribution is 7.98. The second-order valence-electron chi connectivity index (χ2n) is 23.9. The molecule has 1 rings (SSSR count). The third kappa shape index (κ3) is 34.2. The van der Waals surface area contributed by atoms with E-state index in [-0.39, 0.29) is 50.3 Å². The van der Waals surface area contributed by atoms with Crippen LogP contribution >= 0.6 is 24.4 Å². The Labute approximate surface area is 571 Å². The van der Waals surface area contributed by atoms with Gasteiger partial charge in [0.25, 0.3) is 0 Å². The Morgan fingerprint density at radius 1 is 0.515 bits per heavy atom. The summed E-state index contributed by atoms with van der Waals surface area (Å²) in [5, 5.41) is 53.3. The molecule has 0 aliphatic rings. The number of nitrogens with zero attached hydrogens (tertiary/aromatic N) is 1. The van der Waals surface area contributed by atoms with Gasteiger partial charge in [-0.2, -0.15) is 24.4 Å². The van der Waals surface area contributed by atoms with Crippen LogP contribution in [-0.2, 0) is 83.1 Å². The molecule has 0 radical (unpaired) electrons. The number of thiol groups is 1. The molecule has 1 heterocycles. The van der Waals surface area contributed by atoms with Crippen LogP contribution in [0, 0.1) is 23.7 Å². The molecule has 97 heavy (non-hydrogen) atoms. The minimum absolute atomic E-state index is 0.0121. The smallest absolute Gasteiger partial charge is 0.326 e. The Balaban J connectivity index is 3.10. The molecule has 0 saturated carbocycles. The number of nitrogens with one attached hydrogen (secondary N) is 15. The van der Waals surface area contributed by atoms with Crippen molar-refractivity contribution in [1.82, 2.24) is 84.4 Å². The molecule has 546 valence electrons. The van der Waals surface area contributed by atoms with E-state index in [2.05, 4.69) is 97.0 Å². The molecular weight excluding hydrogens is 1310 g/mol. The Morgan fingerprint density at radius 2 is 0.959 bits per heavy atom. The molecule has 0 aromatic carbocycles. The van der Waals surface area contributed by atoms with Gasteiger partial charge >= 0.3 is 5.97 Å². The van der Waals surface area contributed by atoms with Crippen LogP contribution < -0.4 is 91.6 Å². The number of imidazole rings is 1. The number of aliphatic hydroxyl groups is 1. The Bertz CT molecular complexity index is 2830. The van der Waals surface area contributed by atoms with E-state index in [1.807, 2.05) is 0 Å². The van der Waals surface area contributed by atoms with Gasteiger partial charge in [0.05, 0.1) is 58.1 Å². The van der Waals surface area contributed by atoms with E-state index in [1.165, 1.54) is 24.3 Å². The Kier molecular flexibility index (Phi) is 40.7. The van der Waals surface area contributed by atoms with Crippen molar-refractivity contribution in [3.63, 3.8) is 0 Å². The number of aromatic amines is 1. The lowest BCUT2D eigenvalue weighted by Gasteiger charge is -2.27. The highest BCUT2D eigenvalue weighted by Crippen LogP contribution is 2.12. The van der Waals surface area contributed by atoms with Gasteiger partial charge in [-0.1, -0.05) is 55.4 Å². The molecule has 1 aromatic heterocycles. The number of thioether (sulfide) groups is 1. The number of hydrogen-bond donors (Lipinski definition) is 21. The Morgan fingerprint density at radius 3 is 1.45 bits per heavy atom. The van der Waals surface area contributed by atoms with Gasteiger partial charge < -0.3 is 107 Å². The topological polar surface area (TPSA) is 589 Å². The fraction of sp³-hybridized carbons (Fsp3) is 0.672. The molecule has 0 aliphatic heterocycles. The van der Waals surface area contributed by atoms with Crippen molar-refractivity contribution in [2.45, 2.75) is 161 Å². The van der Waals surface area contributed by atoms with Crippen molar-refractivity contribution < 1.29 is 86.9 Å². The van der Waals surface area contributed by atoms with E-state index in [0.29, 0.717) is 17.9 Å². The fourth-order valence-corrected chi connectivity index (χ4v) is 9.38. The summed E-state index contributed by atoms with van der Waals surface area (Å²) >= 11 is 5.27. The summed E-state index contributed by atoms with van der Waals surface area (Å²) in [6.45, 7) is 8.78. The van der Waals surface area contributed by atoms with Crippen LogP contribution in [0.4, 0.5) is 0 Å². The molecule has 0 fully saturated rings. The minimum atomic E-state index is -1.76. The van der Waals surface area contributed by atoms with Gasteiger partial charge in [0.2, 0.25) is 88.6 Å². The number of carbonyl (C=O) groups is 16. The van der Waals surface area contributed by atoms with E-state index in [1.54, 1.807) is 61.6 Å². The summed E-state index contributed by atoms with van der Waals surface area (Å²) in [5.41, 5.74) is 17.1. The predicted molar refractivity (Wildman–Crippen MR) is 355 cm³/mol. The summed E-state index contributed by atoms with van der Waals surface area (Å²) in [5.74, 6) is -16.1. The molecule has 15 amide bonds. The van der Waals surface area contributed by atoms with Gasteiger partial charge in [-0.05, 0) is 74.3 Å². The number of rotatable bonds is 47. The van der Waals surface area contributed by atoms with Crippen molar-refractivity contribution in [2.24, 2.45) is 40.9 Å². The van der Waals surface area contributed by atoms with E-state index < -0.39 is 219 Å². The molecule has 23 N–H and O–H groups in total. The highest BCUT2D eigenvalue weighted by Gasteiger charge is 2.35. The first-order chi connectivity index (χ1) is 45.6. The van der Waals surface area contributed by atoms with Gasteiger partial charge in [0.1, 0.15) is 54.4 Å². The highest BCUT2D eigenvalue weighted by atomic mass is 32.2. The lowest BCUT2D eigenvalue weighted by atomic mass is 10.0. The lowest BCUT2D eigenvalue weighted by molar-refractivity contribution is -0.143. The van der Waals surface area contributed by atoms with Crippen LogP contribution in [0.2, 0.25) is 0 Å². The minimum Gasteiger partial charge on any atom is -0.480 e. The first-order valence-corrected chi connectivity index (χ1v) is 33.3. The van der Waals surface area contributed by atoms with Crippen LogP contribution in [0.15, 0.2) is 12.5 Å². The maximum absolute atomic E-state index is 14.0. The number of aromatic nitrogens is 2. The number of hydrogen-bond acceptors (Lipinski definition) is 22. The normalized spacial score (nSPS) is 14.2. The summed E-state index contributed by atoms with van der Waals surface area (Å²) < 4.78 is 0. The zero-order valence-corrected chi connectivity index (χ0v) is 57.7. The quantitative estimate of drug-likeness (QED) is 0.0213. The van der Waals surface area contributed by atoms with Crippen molar-refractivity contribution in [3.05, 3.63) is 18.2 Å². The zero-order valence-electron chi connectivity index (χ0n) is 56.0. The first kappa shape index (κ1) is 86.3.